The molecule has 0 saturated carbocycles. The number of hydrogen-bond donors (Lipinski definition) is 0. The van der Waals surface area contributed by atoms with Crippen LogP contribution in [-0.2, 0) is 17.1 Å². The summed E-state index contributed by atoms with van der Waals surface area (Å²) in [6.07, 6.45) is 7.21. The van der Waals surface area contributed by atoms with Gasteiger partial charge in [0.25, 0.3) is 0 Å². The Morgan fingerprint density at radius 2 is 0.657 bits per heavy atom. The molecule has 6 aromatic rings. The number of hydrogen-bond acceptors (Lipinski definition) is 6. The van der Waals surface area contributed by atoms with E-state index in [2.05, 4.69) is 92.9 Å². The quantitative estimate of drug-likeness (QED) is 0.0916. The molecule has 4 aromatic heterocycles. The van der Waals surface area contributed by atoms with Crippen molar-refractivity contribution in [1.82, 2.24) is 19.9 Å². The maximum Gasteiger partial charge on any atom is 2.00 e. The summed E-state index contributed by atoms with van der Waals surface area (Å²) in [6, 6.07) is 24.3. The van der Waals surface area contributed by atoms with Gasteiger partial charge in [-0.3, -0.25) is 19.9 Å². The van der Waals surface area contributed by atoms with E-state index in [4.69, 9.17) is 10.8 Å². The van der Waals surface area contributed by atoms with Gasteiger partial charge in [0, 0.05) is 46.3 Å². The number of isothiocyanates is 2. The molecule has 0 spiro atoms. The minimum Gasteiger partial charge on any atom is -0.753 e. The van der Waals surface area contributed by atoms with Crippen LogP contribution in [0, 0.1) is 0 Å². The zero-order chi connectivity index (χ0) is 24.2. The second-order valence-electron chi connectivity index (χ2n) is 6.61. The Kier molecular flexibility index (Phi) is 11.3. The molecule has 0 N–H and O–H groups in total. The van der Waals surface area contributed by atoms with E-state index in [0.29, 0.717) is 0 Å². The van der Waals surface area contributed by atoms with Crippen molar-refractivity contribution in [2.45, 2.75) is 0 Å². The van der Waals surface area contributed by atoms with E-state index in [1.165, 1.54) is 10.3 Å². The first-order valence-corrected chi connectivity index (χ1v) is 10.7. The smallest absolute Gasteiger partial charge is 0.753 e. The fourth-order valence-corrected chi connectivity index (χ4v) is 3.36. The van der Waals surface area contributed by atoms with E-state index >= 15 is 0 Å². The molecule has 4 heterocycles. The van der Waals surface area contributed by atoms with Gasteiger partial charge in [0.1, 0.15) is 0 Å². The third-order valence-electron chi connectivity index (χ3n) is 4.69. The Hall–Kier alpha value is -3.80. The zero-order valence-corrected chi connectivity index (χ0v) is 20.8. The van der Waals surface area contributed by atoms with Gasteiger partial charge < -0.3 is 10.8 Å². The van der Waals surface area contributed by atoms with E-state index < -0.39 is 0 Å². The number of aromatic nitrogens is 4. The maximum absolute atomic E-state index is 7.13. The summed E-state index contributed by atoms with van der Waals surface area (Å²) in [7, 11) is 0. The number of pyridine rings is 4. The van der Waals surface area contributed by atoms with Crippen molar-refractivity contribution in [3.63, 3.8) is 0 Å². The first kappa shape index (κ1) is 27.4. The van der Waals surface area contributed by atoms with Gasteiger partial charge in [0.15, 0.2) is 0 Å². The molecule has 0 saturated heterocycles. The molecule has 9 heteroatoms. The maximum atomic E-state index is 7.13. The normalized spacial score (nSPS) is 9.14. The van der Waals surface area contributed by atoms with Crippen LogP contribution in [0.3, 0.4) is 0 Å². The van der Waals surface area contributed by atoms with Gasteiger partial charge in [-0.05, 0) is 24.3 Å². The van der Waals surface area contributed by atoms with Gasteiger partial charge in [0.2, 0.25) is 0 Å². The van der Waals surface area contributed by atoms with E-state index in [-0.39, 0.29) is 17.1 Å². The van der Waals surface area contributed by atoms with Crippen LogP contribution in [0.1, 0.15) is 0 Å². The topological polar surface area (TPSA) is 96.2 Å². The first-order chi connectivity index (χ1) is 16.7. The first-order valence-electron chi connectivity index (χ1n) is 9.93. The number of rotatable bonds is 0. The van der Waals surface area contributed by atoms with Crippen LogP contribution in [0.25, 0.3) is 54.4 Å². The summed E-state index contributed by atoms with van der Waals surface area (Å²) < 4.78 is 0. The van der Waals surface area contributed by atoms with E-state index in [9.17, 15) is 0 Å². The molecule has 0 unspecified atom stereocenters. The number of nitrogens with zero attached hydrogens (tertiary/aromatic N) is 6. The van der Waals surface area contributed by atoms with Crippen LogP contribution in [0.5, 0.6) is 0 Å². The number of benzene rings is 2. The van der Waals surface area contributed by atoms with Crippen molar-refractivity contribution in [3.8, 4) is 0 Å². The van der Waals surface area contributed by atoms with E-state index in [0.717, 1.165) is 43.6 Å². The standard InChI is InChI=1S/2C12H8N2.2CNS.Fe/c2*1-3-9-5-6-10-4-2-8-14-12(10)11(9)13-7-1;2*2-1-3;/h2*1-8H;;;/q;;2*-1;+2. The van der Waals surface area contributed by atoms with Crippen LogP contribution in [0.4, 0.5) is 0 Å². The summed E-state index contributed by atoms with van der Waals surface area (Å²) in [6.45, 7) is 0. The zero-order valence-electron chi connectivity index (χ0n) is 18.1. The monoisotopic (exact) mass is 532 g/mol. The summed E-state index contributed by atoms with van der Waals surface area (Å²) >= 11 is 7.40. The molecule has 0 bridgehead atoms. The predicted molar refractivity (Wildman–Crippen MR) is 146 cm³/mol. The summed E-state index contributed by atoms with van der Waals surface area (Å²) in [5, 5.41) is 21.5. The molecule has 2 aromatic carbocycles. The third-order valence-corrected chi connectivity index (χ3v) is 4.69. The summed E-state index contributed by atoms with van der Waals surface area (Å²) in [5.41, 5.74) is 3.91. The van der Waals surface area contributed by atoms with Gasteiger partial charge in [-0.2, -0.15) is 10.3 Å². The average Bonchev–Trinajstić information content (AvgIpc) is 2.90. The average molecular weight is 532 g/mol. The van der Waals surface area contributed by atoms with Crippen LogP contribution in [-0.4, -0.2) is 30.3 Å². The van der Waals surface area contributed by atoms with Crippen molar-refractivity contribution in [3.05, 3.63) is 108 Å². The van der Waals surface area contributed by atoms with E-state index in [1.54, 1.807) is 24.8 Å². The summed E-state index contributed by atoms with van der Waals surface area (Å²) in [5.74, 6) is 0. The minimum atomic E-state index is 0. The van der Waals surface area contributed by atoms with Crippen molar-refractivity contribution in [1.29, 1.82) is 0 Å². The fourth-order valence-electron chi connectivity index (χ4n) is 3.36. The van der Waals surface area contributed by atoms with Crippen LogP contribution >= 0.6 is 24.4 Å². The van der Waals surface area contributed by atoms with Crippen molar-refractivity contribution in [2.24, 2.45) is 0 Å². The van der Waals surface area contributed by atoms with Gasteiger partial charge in [0.05, 0.1) is 22.1 Å². The van der Waals surface area contributed by atoms with Crippen molar-refractivity contribution >= 4 is 78.4 Å². The fraction of sp³-hybridized carbons (Fsp3) is 0. The van der Waals surface area contributed by atoms with Gasteiger partial charge in [-0.1, -0.05) is 73.0 Å². The molecule has 0 aliphatic carbocycles. The largest absolute Gasteiger partial charge is 2.00 e. The van der Waals surface area contributed by atoms with Crippen molar-refractivity contribution in [2.75, 3.05) is 0 Å². The molecule has 0 aliphatic rings. The molecule has 170 valence electrons. The Bertz CT molecular complexity index is 1400. The van der Waals surface area contributed by atoms with Gasteiger partial charge in [-0.25, -0.2) is 0 Å². The van der Waals surface area contributed by atoms with Gasteiger partial charge in [-0.15, -0.1) is 0 Å². The molecule has 0 aliphatic heterocycles. The second kappa shape index (κ2) is 14.5. The van der Waals surface area contributed by atoms with Gasteiger partial charge >= 0.3 is 17.1 Å². The Morgan fingerprint density at radius 3 is 0.857 bits per heavy atom. The Balaban J connectivity index is 0.000000198. The molecule has 0 radical (unpaired) electrons. The second-order valence-corrected chi connectivity index (χ2v) is 6.98. The number of thiocarbonyl (C=S) groups is 2. The van der Waals surface area contributed by atoms with Crippen LogP contribution in [0.2, 0.25) is 0 Å². The number of fused-ring (bicyclic) bond motifs is 6. The molecule has 0 amide bonds. The molecule has 0 fully saturated rings. The van der Waals surface area contributed by atoms with Crippen LogP contribution in [0.15, 0.2) is 97.6 Å². The molecule has 6 nitrogen and oxygen atoms in total. The van der Waals surface area contributed by atoms with Crippen molar-refractivity contribution < 1.29 is 17.1 Å². The third kappa shape index (κ3) is 7.09. The summed E-state index contributed by atoms with van der Waals surface area (Å²) in [4.78, 5) is 17.4. The predicted octanol–water partition coefficient (Wildman–Crippen LogP) is 6.88. The molecule has 6 rings (SSSR count). The Morgan fingerprint density at radius 1 is 0.457 bits per heavy atom. The van der Waals surface area contributed by atoms with E-state index in [1.807, 2.05) is 24.3 Å². The molecular formula is C26H16FeN6S2. The molecule has 35 heavy (non-hydrogen) atoms. The Labute approximate surface area is 223 Å². The molecule has 0 atom stereocenters. The minimum absolute atomic E-state index is 0. The molecular weight excluding hydrogens is 516 g/mol. The van der Waals surface area contributed by atoms with Crippen LogP contribution < -0.4 is 0 Å². The SMILES string of the molecule is [Fe+2].[N-]=C=S.[N-]=C=S.c1cnc2c(c1)ccc1cccnc12.c1cnc2c(c1)ccc1cccnc12.